The van der Waals surface area contributed by atoms with Crippen LogP contribution in [0, 0.1) is 11.7 Å². The molecule has 0 aromatic heterocycles. The molecule has 124 valence electrons. The third kappa shape index (κ3) is 3.21. The lowest BCUT2D eigenvalue weighted by molar-refractivity contribution is 0.0783. The van der Waals surface area contributed by atoms with Gasteiger partial charge in [0, 0.05) is 24.2 Å². The monoisotopic (exact) mass is 326 g/mol. The number of likely N-dealkylation sites (tertiary alicyclic amines) is 1. The molecule has 0 aliphatic carbocycles. The summed E-state index contributed by atoms with van der Waals surface area (Å²) in [5.74, 6) is -0.528. The van der Waals surface area contributed by atoms with Crippen molar-refractivity contribution in [1.29, 1.82) is 0 Å². The molecular formula is C19H19FN2O2. The van der Waals surface area contributed by atoms with Gasteiger partial charge >= 0.3 is 0 Å². The van der Waals surface area contributed by atoms with Crippen molar-refractivity contribution in [1.82, 2.24) is 4.90 Å². The fourth-order valence-corrected chi connectivity index (χ4v) is 3.00. The van der Waals surface area contributed by atoms with Crippen molar-refractivity contribution in [3.05, 3.63) is 71.0 Å². The van der Waals surface area contributed by atoms with Crippen LogP contribution in [0.25, 0.3) is 0 Å². The highest BCUT2D eigenvalue weighted by atomic mass is 19.1. The summed E-state index contributed by atoms with van der Waals surface area (Å²) in [5.41, 5.74) is 6.76. The maximum Gasteiger partial charge on any atom is 0.254 e. The second kappa shape index (κ2) is 6.93. The van der Waals surface area contributed by atoms with Crippen molar-refractivity contribution in [3.63, 3.8) is 0 Å². The third-order valence-electron chi connectivity index (χ3n) is 4.41. The Morgan fingerprint density at radius 3 is 2.38 bits per heavy atom. The maximum atomic E-state index is 13.1. The molecular weight excluding hydrogens is 307 g/mol. The zero-order valence-electron chi connectivity index (χ0n) is 13.2. The predicted octanol–water partition coefficient (Wildman–Crippen LogP) is 2.48. The SMILES string of the molecule is NC[C@@H]1CCN(C(=O)c2ccccc2C(=O)c2ccc(F)cc2)C1. The predicted molar refractivity (Wildman–Crippen MR) is 89.3 cm³/mol. The molecule has 1 aliphatic rings. The van der Waals surface area contributed by atoms with Gasteiger partial charge in [0.1, 0.15) is 5.82 Å². The normalized spacial score (nSPS) is 17.1. The average Bonchev–Trinajstić information content (AvgIpc) is 3.10. The highest BCUT2D eigenvalue weighted by Gasteiger charge is 2.28. The smallest absolute Gasteiger partial charge is 0.254 e. The highest BCUT2D eigenvalue weighted by Crippen LogP contribution is 2.21. The molecule has 1 saturated heterocycles. The van der Waals surface area contributed by atoms with Gasteiger partial charge in [-0.25, -0.2) is 4.39 Å². The van der Waals surface area contributed by atoms with Crippen LogP contribution in [0.15, 0.2) is 48.5 Å². The molecule has 5 heteroatoms. The van der Waals surface area contributed by atoms with Crippen LogP contribution in [0.3, 0.4) is 0 Å². The van der Waals surface area contributed by atoms with Crippen LogP contribution < -0.4 is 5.73 Å². The fourth-order valence-electron chi connectivity index (χ4n) is 3.00. The molecule has 2 aromatic rings. The molecule has 1 fully saturated rings. The number of hydrogen-bond donors (Lipinski definition) is 1. The molecule has 0 bridgehead atoms. The van der Waals surface area contributed by atoms with Crippen molar-refractivity contribution in [2.45, 2.75) is 6.42 Å². The number of benzene rings is 2. The minimum absolute atomic E-state index is 0.156. The first-order chi connectivity index (χ1) is 11.6. The average molecular weight is 326 g/mol. The first kappa shape index (κ1) is 16.3. The summed E-state index contributed by atoms with van der Waals surface area (Å²) in [5, 5.41) is 0. The first-order valence-corrected chi connectivity index (χ1v) is 7.99. The Hall–Kier alpha value is -2.53. The van der Waals surface area contributed by atoms with Gasteiger partial charge in [0.25, 0.3) is 5.91 Å². The summed E-state index contributed by atoms with van der Waals surface area (Å²) in [6.07, 6.45) is 0.885. The molecule has 24 heavy (non-hydrogen) atoms. The van der Waals surface area contributed by atoms with Gasteiger partial charge in [-0.1, -0.05) is 18.2 Å². The van der Waals surface area contributed by atoms with Crippen LogP contribution in [-0.2, 0) is 0 Å². The van der Waals surface area contributed by atoms with Gasteiger partial charge in [0.15, 0.2) is 5.78 Å². The Labute approximate surface area is 140 Å². The molecule has 1 atom stereocenters. The van der Waals surface area contributed by atoms with E-state index in [0.29, 0.717) is 42.2 Å². The van der Waals surface area contributed by atoms with Gasteiger partial charge in [-0.15, -0.1) is 0 Å². The van der Waals surface area contributed by atoms with Gasteiger partial charge in [0.05, 0.1) is 5.56 Å². The minimum Gasteiger partial charge on any atom is -0.338 e. The Morgan fingerprint density at radius 2 is 1.75 bits per heavy atom. The Bertz CT molecular complexity index is 758. The van der Waals surface area contributed by atoms with E-state index >= 15 is 0 Å². The van der Waals surface area contributed by atoms with E-state index in [1.165, 1.54) is 24.3 Å². The molecule has 1 aliphatic heterocycles. The zero-order chi connectivity index (χ0) is 17.1. The molecule has 0 radical (unpaired) electrons. The summed E-state index contributed by atoms with van der Waals surface area (Å²) in [6.45, 7) is 1.83. The number of carbonyl (C=O) groups excluding carboxylic acids is 2. The molecule has 2 aromatic carbocycles. The number of ketones is 1. The van der Waals surface area contributed by atoms with Crippen molar-refractivity contribution < 1.29 is 14.0 Å². The lowest BCUT2D eigenvalue weighted by Crippen LogP contribution is -2.31. The minimum atomic E-state index is -0.402. The number of rotatable bonds is 4. The van der Waals surface area contributed by atoms with Crippen LogP contribution in [0.4, 0.5) is 4.39 Å². The second-order valence-electron chi connectivity index (χ2n) is 6.02. The Kier molecular flexibility index (Phi) is 4.71. The van der Waals surface area contributed by atoms with Gasteiger partial charge in [-0.2, -0.15) is 0 Å². The van der Waals surface area contributed by atoms with E-state index in [0.717, 1.165) is 6.42 Å². The van der Waals surface area contributed by atoms with Gasteiger partial charge in [-0.05, 0) is 49.2 Å². The van der Waals surface area contributed by atoms with E-state index in [4.69, 9.17) is 5.73 Å². The number of nitrogens with zero attached hydrogens (tertiary/aromatic N) is 1. The summed E-state index contributed by atoms with van der Waals surface area (Å²) < 4.78 is 13.1. The number of hydrogen-bond acceptors (Lipinski definition) is 3. The van der Waals surface area contributed by atoms with Crippen molar-refractivity contribution in [2.24, 2.45) is 11.7 Å². The van der Waals surface area contributed by atoms with Crippen LogP contribution in [0.5, 0.6) is 0 Å². The molecule has 1 amide bonds. The second-order valence-corrected chi connectivity index (χ2v) is 6.02. The van der Waals surface area contributed by atoms with Crippen LogP contribution in [-0.4, -0.2) is 36.2 Å². The number of amides is 1. The summed E-state index contributed by atoms with van der Waals surface area (Å²) in [6, 6.07) is 12.1. The Morgan fingerprint density at radius 1 is 1.08 bits per heavy atom. The highest BCUT2D eigenvalue weighted by molar-refractivity contribution is 6.15. The number of carbonyl (C=O) groups is 2. The summed E-state index contributed by atoms with van der Waals surface area (Å²) in [7, 11) is 0. The van der Waals surface area contributed by atoms with Crippen LogP contribution in [0.2, 0.25) is 0 Å². The first-order valence-electron chi connectivity index (χ1n) is 7.99. The van der Waals surface area contributed by atoms with E-state index in [1.54, 1.807) is 29.2 Å². The van der Waals surface area contributed by atoms with Crippen molar-refractivity contribution >= 4 is 11.7 Å². The molecule has 3 rings (SSSR count). The number of nitrogens with two attached hydrogens (primary N) is 1. The summed E-state index contributed by atoms with van der Waals surface area (Å²) >= 11 is 0. The topological polar surface area (TPSA) is 63.4 Å². The fraction of sp³-hybridized carbons (Fsp3) is 0.263. The van der Waals surface area contributed by atoms with Gasteiger partial charge in [0.2, 0.25) is 0 Å². The van der Waals surface area contributed by atoms with E-state index < -0.39 is 5.82 Å². The van der Waals surface area contributed by atoms with Crippen LogP contribution >= 0.6 is 0 Å². The lowest BCUT2D eigenvalue weighted by Gasteiger charge is -2.18. The van der Waals surface area contributed by atoms with Crippen molar-refractivity contribution in [2.75, 3.05) is 19.6 Å². The van der Waals surface area contributed by atoms with Crippen LogP contribution in [0.1, 0.15) is 32.7 Å². The van der Waals surface area contributed by atoms with Gasteiger partial charge < -0.3 is 10.6 Å². The standard InChI is InChI=1S/C19H19FN2O2/c20-15-7-5-14(6-8-15)18(23)16-3-1-2-4-17(16)19(24)22-10-9-13(11-21)12-22/h1-8,13H,9-12,21H2/t13-/m0/s1. The molecule has 4 nitrogen and oxygen atoms in total. The molecule has 2 N–H and O–H groups in total. The quantitative estimate of drug-likeness (QED) is 0.878. The molecule has 0 saturated carbocycles. The van der Waals surface area contributed by atoms with E-state index in [-0.39, 0.29) is 11.7 Å². The zero-order valence-corrected chi connectivity index (χ0v) is 13.2. The van der Waals surface area contributed by atoms with Gasteiger partial charge in [-0.3, -0.25) is 9.59 Å². The number of halogens is 1. The Balaban J connectivity index is 1.89. The van der Waals surface area contributed by atoms with Crippen molar-refractivity contribution in [3.8, 4) is 0 Å². The van der Waals surface area contributed by atoms with E-state index in [9.17, 15) is 14.0 Å². The molecule has 0 spiro atoms. The summed E-state index contributed by atoms with van der Waals surface area (Å²) in [4.78, 5) is 27.2. The lowest BCUT2D eigenvalue weighted by atomic mass is 9.97. The third-order valence-corrected chi connectivity index (χ3v) is 4.41. The van der Waals surface area contributed by atoms with E-state index in [1.807, 2.05) is 0 Å². The van der Waals surface area contributed by atoms with E-state index in [2.05, 4.69) is 0 Å². The largest absolute Gasteiger partial charge is 0.338 e. The maximum absolute atomic E-state index is 13.1. The molecule has 1 heterocycles. The molecule has 0 unspecified atom stereocenters.